The SMILES string of the molecule is Cc1ccc(C(C)Nc2ccsc2)cc1F. The molecule has 0 saturated heterocycles. The highest BCUT2D eigenvalue weighted by Gasteiger charge is 2.07. The Balaban J connectivity index is 2.14. The van der Waals surface area contributed by atoms with E-state index in [4.69, 9.17) is 0 Å². The zero-order chi connectivity index (χ0) is 11.5. The summed E-state index contributed by atoms with van der Waals surface area (Å²) >= 11 is 1.65. The largest absolute Gasteiger partial charge is 0.378 e. The summed E-state index contributed by atoms with van der Waals surface area (Å²) in [5.74, 6) is -0.142. The standard InChI is InChI=1S/C13H14FNS/c1-9-3-4-11(7-13(9)14)10(2)15-12-5-6-16-8-12/h3-8,10,15H,1-2H3. The van der Waals surface area contributed by atoms with E-state index in [1.54, 1.807) is 24.3 Å². The van der Waals surface area contributed by atoms with Gasteiger partial charge in [-0.3, -0.25) is 0 Å². The van der Waals surface area contributed by atoms with Gasteiger partial charge in [-0.1, -0.05) is 12.1 Å². The van der Waals surface area contributed by atoms with Crippen molar-refractivity contribution in [1.29, 1.82) is 0 Å². The maximum Gasteiger partial charge on any atom is 0.126 e. The molecule has 1 heterocycles. The summed E-state index contributed by atoms with van der Waals surface area (Å²) in [6.07, 6.45) is 0. The van der Waals surface area contributed by atoms with Gasteiger partial charge in [-0.2, -0.15) is 11.3 Å². The number of anilines is 1. The molecule has 0 radical (unpaired) electrons. The van der Waals surface area contributed by atoms with Crippen molar-refractivity contribution in [3.63, 3.8) is 0 Å². The van der Waals surface area contributed by atoms with Gasteiger partial charge in [0.15, 0.2) is 0 Å². The van der Waals surface area contributed by atoms with E-state index in [-0.39, 0.29) is 11.9 Å². The summed E-state index contributed by atoms with van der Waals surface area (Å²) < 4.78 is 13.4. The summed E-state index contributed by atoms with van der Waals surface area (Å²) in [5, 5.41) is 7.39. The molecule has 3 heteroatoms. The quantitative estimate of drug-likeness (QED) is 0.833. The number of nitrogens with one attached hydrogen (secondary N) is 1. The van der Waals surface area contributed by atoms with Gasteiger partial charge in [-0.25, -0.2) is 4.39 Å². The van der Waals surface area contributed by atoms with Crippen molar-refractivity contribution >= 4 is 17.0 Å². The second-order valence-corrected chi connectivity index (χ2v) is 4.67. The van der Waals surface area contributed by atoms with E-state index in [1.807, 2.05) is 35.9 Å². The molecule has 0 aliphatic rings. The van der Waals surface area contributed by atoms with Gasteiger partial charge in [-0.05, 0) is 42.5 Å². The fourth-order valence-electron chi connectivity index (χ4n) is 1.56. The Kier molecular flexibility index (Phi) is 3.25. The summed E-state index contributed by atoms with van der Waals surface area (Å²) in [6, 6.07) is 7.51. The summed E-state index contributed by atoms with van der Waals surface area (Å²) in [6.45, 7) is 3.80. The first-order valence-electron chi connectivity index (χ1n) is 5.21. The van der Waals surface area contributed by atoms with Crippen LogP contribution in [0.5, 0.6) is 0 Å². The molecule has 2 rings (SSSR count). The Morgan fingerprint density at radius 1 is 1.31 bits per heavy atom. The highest BCUT2D eigenvalue weighted by atomic mass is 32.1. The van der Waals surface area contributed by atoms with Crippen molar-refractivity contribution in [1.82, 2.24) is 0 Å². The normalized spacial score (nSPS) is 12.4. The van der Waals surface area contributed by atoms with Gasteiger partial charge < -0.3 is 5.32 Å². The molecule has 0 aliphatic carbocycles. The molecular weight excluding hydrogens is 221 g/mol. The molecule has 0 aliphatic heterocycles. The molecule has 1 nitrogen and oxygen atoms in total. The minimum absolute atomic E-state index is 0.115. The van der Waals surface area contributed by atoms with E-state index in [2.05, 4.69) is 5.32 Å². The van der Waals surface area contributed by atoms with E-state index in [1.165, 1.54) is 0 Å². The molecule has 1 atom stereocenters. The predicted molar refractivity (Wildman–Crippen MR) is 67.5 cm³/mol. The molecule has 84 valence electrons. The van der Waals surface area contributed by atoms with Crippen molar-refractivity contribution in [2.24, 2.45) is 0 Å². The van der Waals surface area contributed by atoms with Crippen LogP contribution in [0.4, 0.5) is 10.1 Å². The van der Waals surface area contributed by atoms with E-state index < -0.39 is 0 Å². The van der Waals surface area contributed by atoms with Crippen LogP contribution in [0.1, 0.15) is 24.1 Å². The lowest BCUT2D eigenvalue weighted by atomic mass is 10.1. The van der Waals surface area contributed by atoms with Crippen molar-refractivity contribution in [3.05, 3.63) is 52.0 Å². The van der Waals surface area contributed by atoms with Crippen LogP contribution in [0, 0.1) is 12.7 Å². The lowest BCUT2D eigenvalue weighted by Gasteiger charge is -2.14. The summed E-state index contributed by atoms with van der Waals surface area (Å²) in [4.78, 5) is 0. The topological polar surface area (TPSA) is 12.0 Å². The molecule has 0 saturated carbocycles. The molecule has 1 unspecified atom stereocenters. The summed E-state index contributed by atoms with van der Waals surface area (Å²) in [5.41, 5.74) is 2.74. The number of benzene rings is 1. The molecule has 0 amide bonds. The van der Waals surface area contributed by atoms with E-state index >= 15 is 0 Å². The highest BCUT2D eigenvalue weighted by Crippen LogP contribution is 2.22. The molecule has 1 aromatic heterocycles. The zero-order valence-corrected chi connectivity index (χ0v) is 10.1. The molecule has 0 fully saturated rings. The van der Waals surface area contributed by atoms with E-state index in [0.717, 1.165) is 11.3 Å². The molecule has 2 aromatic rings. The number of aryl methyl sites for hydroxylation is 1. The predicted octanol–water partition coefficient (Wildman–Crippen LogP) is 4.37. The lowest BCUT2D eigenvalue weighted by molar-refractivity contribution is 0.614. The number of rotatable bonds is 3. The fraction of sp³-hybridized carbons (Fsp3) is 0.231. The smallest absolute Gasteiger partial charge is 0.126 e. The van der Waals surface area contributed by atoms with Gasteiger partial charge >= 0.3 is 0 Å². The third-order valence-electron chi connectivity index (χ3n) is 2.60. The van der Waals surface area contributed by atoms with Gasteiger partial charge in [-0.15, -0.1) is 0 Å². The van der Waals surface area contributed by atoms with Crippen LogP contribution in [-0.2, 0) is 0 Å². The van der Waals surface area contributed by atoms with E-state index in [9.17, 15) is 4.39 Å². The Labute approximate surface area is 98.9 Å². The second-order valence-electron chi connectivity index (χ2n) is 3.89. The van der Waals surface area contributed by atoms with Crippen LogP contribution in [0.25, 0.3) is 0 Å². The van der Waals surface area contributed by atoms with Gasteiger partial charge in [0.25, 0.3) is 0 Å². The fourth-order valence-corrected chi connectivity index (χ4v) is 2.16. The highest BCUT2D eigenvalue weighted by molar-refractivity contribution is 7.08. The van der Waals surface area contributed by atoms with Gasteiger partial charge in [0, 0.05) is 17.1 Å². The van der Waals surface area contributed by atoms with Crippen molar-refractivity contribution < 1.29 is 4.39 Å². The maximum atomic E-state index is 13.4. The minimum Gasteiger partial charge on any atom is -0.378 e. The molecule has 16 heavy (non-hydrogen) atoms. The van der Waals surface area contributed by atoms with Crippen LogP contribution in [0.2, 0.25) is 0 Å². The molecule has 0 spiro atoms. The molecule has 1 N–H and O–H groups in total. The van der Waals surface area contributed by atoms with Gasteiger partial charge in [0.1, 0.15) is 5.82 Å². The molecule has 0 bridgehead atoms. The van der Waals surface area contributed by atoms with Crippen LogP contribution in [0.3, 0.4) is 0 Å². The number of hydrogen-bond acceptors (Lipinski definition) is 2. The van der Waals surface area contributed by atoms with Crippen LogP contribution in [-0.4, -0.2) is 0 Å². The number of hydrogen-bond donors (Lipinski definition) is 1. The zero-order valence-electron chi connectivity index (χ0n) is 9.33. The van der Waals surface area contributed by atoms with Gasteiger partial charge in [0.05, 0.1) is 0 Å². The van der Waals surface area contributed by atoms with Crippen LogP contribution >= 0.6 is 11.3 Å². The van der Waals surface area contributed by atoms with Crippen molar-refractivity contribution in [3.8, 4) is 0 Å². The minimum atomic E-state index is -0.142. The Morgan fingerprint density at radius 3 is 2.75 bits per heavy atom. The third kappa shape index (κ3) is 2.42. The molecular formula is C13H14FNS. The van der Waals surface area contributed by atoms with E-state index in [0.29, 0.717) is 5.56 Å². The number of halogens is 1. The monoisotopic (exact) mass is 235 g/mol. The van der Waals surface area contributed by atoms with Crippen molar-refractivity contribution in [2.45, 2.75) is 19.9 Å². The van der Waals surface area contributed by atoms with Crippen molar-refractivity contribution in [2.75, 3.05) is 5.32 Å². The Morgan fingerprint density at radius 2 is 2.12 bits per heavy atom. The summed E-state index contributed by atoms with van der Waals surface area (Å²) in [7, 11) is 0. The maximum absolute atomic E-state index is 13.4. The number of thiophene rings is 1. The average molecular weight is 235 g/mol. The van der Waals surface area contributed by atoms with Gasteiger partial charge in [0.2, 0.25) is 0 Å². The Bertz CT molecular complexity index is 465. The van der Waals surface area contributed by atoms with Crippen LogP contribution in [0.15, 0.2) is 35.0 Å². The Hall–Kier alpha value is -1.35. The first-order chi connectivity index (χ1) is 7.66. The average Bonchev–Trinajstić information content (AvgIpc) is 2.74. The lowest BCUT2D eigenvalue weighted by Crippen LogP contribution is -2.06. The molecule has 1 aromatic carbocycles. The second kappa shape index (κ2) is 4.66. The third-order valence-corrected chi connectivity index (χ3v) is 3.28. The first-order valence-corrected chi connectivity index (χ1v) is 6.16. The first kappa shape index (κ1) is 11.1. The van der Waals surface area contributed by atoms with Crippen LogP contribution < -0.4 is 5.32 Å².